The van der Waals surface area contributed by atoms with Crippen LogP contribution in [0.2, 0.25) is 0 Å². The van der Waals surface area contributed by atoms with E-state index in [1.165, 1.54) is 11.1 Å². The summed E-state index contributed by atoms with van der Waals surface area (Å²) in [4.78, 5) is 4.64. The summed E-state index contributed by atoms with van der Waals surface area (Å²) in [5.74, 6) is 1.43. The van der Waals surface area contributed by atoms with Crippen molar-refractivity contribution in [2.75, 3.05) is 7.11 Å². The highest BCUT2D eigenvalue weighted by Gasteiger charge is 2.33. The van der Waals surface area contributed by atoms with Crippen LogP contribution in [0, 0.1) is 6.92 Å². The third kappa shape index (κ3) is 1.73. The smallest absolute Gasteiger partial charge is 0.125 e. The van der Waals surface area contributed by atoms with Crippen LogP contribution < -0.4 is 0 Å². The molecule has 96 valence electrons. The molecule has 1 aliphatic rings. The van der Waals surface area contributed by atoms with Crippen molar-refractivity contribution in [1.29, 1.82) is 0 Å². The largest absolute Gasteiger partial charge is 0.381 e. The average Bonchev–Trinajstić information content (AvgIpc) is 2.68. The van der Waals surface area contributed by atoms with E-state index in [0.717, 1.165) is 24.2 Å². The first-order valence-electron chi connectivity index (χ1n) is 6.29. The molecule has 0 atom stereocenters. The molecule has 1 fully saturated rings. The van der Waals surface area contributed by atoms with Crippen molar-refractivity contribution < 1.29 is 4.74 Å². The lowest BCUT2D eigenvalue weighted by Crippen LogP contribution is -2.33. The van der Waals surface area contributed by atoms with Gasteiger partial charge in [0, 0.05) is 13.2 Å². The molecule has 2 aromatic rings. The number of hydrogen-bond acceptors (Lipinski definition) is 2. The molecule has 1 heterocycles. The van der Waals surface area contributed by atoms with Crippen molar-refractivity contribution in [1.82, 2.24) is 9.55 Å². The maximum atomic E-state index is 6.04. The number of rotatable bonds is 3. The Labute approximate surface area is 112 Å². The van der Waals surface area contributed by atoms with Crippen molar-refractivity contribution in [3.8, 4) is 0 Å². The van der Waals surface area contributed by atoms with E-state index in [1.807, 2.05) is 6.07 Å². The second kappa shape index (κ2) is 4.56. The Kier molecular flexibility index (Phi) is 3.04. The van der Waals surface area contributed by atoms with Crippen LogP contribution in [0.25, 0.3) is 11.0 Å². The van der Waals surface area contributed by atoms with Crippen LogP contribution in [-0.2, 0) is 10.6 Å². The molecule has 0 saturated heterocycles. The topological polar surface area (TPSA) is 27.1 Å². The molecule has 0 spiro atoms. The number of ether oxygens (including phenoxy) is 1. The van der Waals surface area contributed by atoms with Crippen molar-refractivity contribution in [2.45, 2.75) is 37.8 Å². The molecule has 0 unspecified atom stereocenters. The van der Waals surface area contributed by atoms with Gasteiger partial charge in [0.05, 0.1) is 23.0 Å². The third-order valence-corrected chi connectivity index (χ3v) is 4.11. The Morgan fingerprint density at radius 2 is 2.22 bits per heavy atom. The van der Waals surface area contributed by atoms with Crippen LogP contribution in [0.3, 0.4) is 0 Å². The molecule has 3 nitrogen and oxygen atoms in total. The van der Waals surface area contributed by atoms with Crippen molar-refractivity contribution in [2.24, 2.45) is 0 Å². The van der Waals surface area contributed by atoms with Gasteiger partial charge >= 0.3 is 0 Å². The molecular weight excluding hydrogens is 248 g/mol. The molecule has 0 amide bonds. The van der Waals surface area contributed by atoms with Crippen LogP contribution in [0.5, 0.6) is 0 Å². The molecular formula is C14H17ClN2O. The predicted molar refractivity (Wildman–Crippen MR) is 73.1 cm³/mol. The van der Waals surface area contributed by atoms with Crippen LogP contribution in [0.15, 0.2) is 18.2 Å². The minimum atomic E-state index is 0.389. The highest BCUT2D eigenvalue weighted by atomic mass is 35.5. The lowest BCUT2D eigenvalue weighted by Gasteiger charge is -2.36. The fraction of sp³-hybridized carbons (Fsp3) is 0.500. The molecule has 3 rings (SSSR count). The molecule has 18 heavy (non-hydrogen) atoms. The first-order valence-corrected chi connectivity index (χ1v) is 6.83. The highest BCUT2D eigenvalue weighted by Crippen LogP contribution is 2.38. The van der Waals surface area contributed by atoms with Crippen molar-refractivity contribution in [3.05, 3.63) is 29.6 Å². The number of hydrogen-bond donors (Lipinski definition) is 0. The van der Waals surface area contributed by atoms with E-state index in [9.17, 15) is 0 Å². The Hall–Kier alpha value is -1.06. The number of methoxy groups -OCH3 is 1. The van der Waals surface area contributed by atoms with Gasteiger partial charge in [0.15, 0.2) is 0 Å². The van der Waals surface area contributed by atoms with Gasteiger partial charge in [0.25, 0.3) is 0 Å². The summed E-state index contributed by atoms with van der Waals surface area (Å²) < 4.78 is 7.68. The summed E-state index contributed by atoms with van der Waals surface area (Å²) >= 11 is 6.04. The summed E-state index contributed by atoms with van der Waals surface area (Å²) in [6, 6.07) is 6.72. The molecule has 1 aliphatic carbocycles. The van der Waals surface area contributed by atoms with Gasteiger partial charge in [-0.05, 0) is 31.4 Å². The zero-order chi connectivity index (χ0) is 12.7. The normalized spacial score (nSPS) is 23.3. The van der Waals surface area contributed by atoms with Crippen LogP contribution in [-0.4, -0.2) is 22.8 Å². The molecule has 0 bridgehead atoms. The lowest BCUT2D eigenvalue weighted by molar-refractivity contribution is 0.00673. The maximum Gasteiger partial charge on any atom is 0.125 e. The van der Waals surface area contributed by atoms with Gasteiger partial charge < -0.3 is 9.30 Å². The number of imidazole rings is 1. The molecule has 0 aliphatic heterocycles. The standard InChI is InChI=1S/C14H17ClN2O/c1-9-4-3-5-12-14(9)17(13(8-15)16-12)10-6-11(7-10)18-2/h3-5,10-11H,6-8H2,1-2H3. The number of fused-ring (bicyclic) bond motifs is 1. The van der Waals surface area contributed by atoms with Crippen LogP contribution in [0.1, 0.15) is 30.3 Å². The fourth-order valence-electron chi connectivity index (χ4n) is 2.80. The van der Waals surface area contributed by atoms with Gasteiger partial charge in [-0.15, -0.1) is 11.6 Å². The molecule has 1 aromatic carbocycles. The monoisotopic (exact) mass is 264 g/mol. The van der Waals surface area contributed by atoms with Gasteiger partial charge in [0.2, 0.25) is 0 Å². The Morgan fingerprint density at radius 1 is 1.44 bits per heavy atom. The number of para-hydroxylation sites is 1. The van der Waals surface area contributed by atoms with E-state index in [2.05, 4.69) is 28.6 Å². The molecule has 4 heteroatoms. The van der Waals surface area contributed by atoms with Gasteiger partial charge in [-0.3, -0.25) is 0 Å². The minimum Gasteiger partial charge on any atom is -0.381 e. The first kappa shape index (κ1) is 12.0. The number of nitrogens with zero attached hydrogens (tertiary/aromatic N) is 2. The number of aryl methyl sites for hydroxylation is 1. The maximum absolute atomic E-state index is 6.04. The molecule has 0 N–H and O–H groups in total. The fourth-order valence-corrected chi connectivity index (χ4v) is 2.99. The first-order chi connectivity index (χ1) is 8.74. The van der Waals surface area contributed by atoms with E-state index in [4.69, 9.17) is 16.3 Å². The molecule has 1 aromatic heterocycles. The zero-order valence-electron chi connectivity index (χ0n) is 10.7. The number of benzene rings is 1. The molecule has 0 radical (unpaired) electrons. The van der Waals surface area contributed by atoms with E-state index in [-0.39, 0.29) is 0 Å². The third-order valence-electron chi connectivity index (χ3n) is 3.87. The van der Waals surface area contributed by atoms with E-state index < -0.39 is 0 Å². The SMILES string of the molecule is COC1CC(n2c(CCl)nc3cccc(C)c32)C1. The van der Waals surface area contributed by atoms with Crippen molar-refractivity contribution in [3.63, 3.8) is 0 Å². The summed E-state index contributed by atoms with van der Waals surface area (Å²) in [7, 11) is 1.78. The highest BCUT2D eigenvalue weighted by molar-refractivity contribution is 6.16. The van der Waals surface area contributed by atoms with Gasteiger partial charge in [0.1, 0.15) is 5.82 Å². The number of aromatic nitrogens is 2. The Bertz CT molecular complexity index is 572. The van der Waals surface area contributed by atoms with Crippen molar-refractivity contribution >= 4 is 22.6 Å². The Balaban J connectivity index is 2.09. The average molecular weight is 265 g/mol. The predicted octanol–water partition coefficient (Wildman–Crippen LogP) is 3.43. The zero-order valence-corrected chi connectivity index (χ0v) is 11.4. The number of halogens is 1. The van der Waals surface area contributed by atoms with Crippen LogP contribution >= 0.6 is 11.6 Å². The van der Waals surface area contributed by atoms with E-state index in [1.54, 1.807) is 7.11 Å². The number of alkyl halides is 1. The second-order valence-electron chi connectivity index (χ2n) is 4.96. The quantitative estimate of drug-likeness (QED) is 0.794. The summed E-state index contributed by atoms with van der Waals surface area (Å²) in [6.45, 7) is 2.13. The Morgan fingerprint density at radius 3 is 2.89 bits per heavy atom. The summed E-state index contributed by atoms with van der Waals surface area (Å²) in [6.07, 6.45) is 2.50. The minimum absolute atomic E-state index is 0.389. The molecule has 1 saturated carbocycles. The van der Waals surface area contributed by atoms with Gasteiger partial charge in [-0.25, -0.2) is 4.98 Å². The lowest BCUT2D eigenvalue weighted by atomic mass is 9.88. The summed E-state index contributed by atoms with van der Waals surface area (Å²) in [5, 5.41) is 0. The van der Waals surface area contributed by atoms with Gasteiger partial charge in [-0.2, -0.15) is 0 Å². The second-order valence-corrected chi connectivity index (χ2v) is 5.22. The van der Waals surface area contributed by atoms with E-state index in [0.29, 0.717) is 18.0 Å². The van der Waals surface area contributed by atoms with Crippen LogP contribution in [0.4, 0.5) is 0 Å². The summed E-state index contributed by atoms with van der Waals surface area (Å²) in [5.41, 5.74) is 3.54. The van der Waals surface area contributed by atoms with E-state index >= 15 is 0 Å². The van der Waals surface area contributed by atoms with Gasteiger partial charge in [-0.1, -0.05) is 12.1 Å².